The van der Waals surface area contributed by atoms with Crippen molar-refractivity contribution in [1.29, 1.82) is 0 Å². The number of aromatic nitrogens is 1. The second-order valence-corrected chi connectivity index (χ2v) is 4.22. The summed E-state index contributed by atoms with van der Waals surface area (Å²) >= 11 is 5.88. The summed E-state index contributed by atoms with van der Waals surface area (Å²) in [6, 6.07) is 1.31. The van der Waals surface area contributed by atoms with Crippen LogP contribution in [0.15, 0.2) is 12.3 Å². The zero-order chi connectivity index (χ0) is 11.0. The minimum atomic E-state index is -0.537. The largest absolute Gasteiger partial charge is 0.309 e. The number of alkyl halides is 1. The van der Waals surface area contributed by atoms with Crippen molar-refractivity contribution >= 4 is 23.2 Å². The third-order valence-corrected chi connectivity index (χ3v) is 2.71. The molecule has 1 atom stereocenters. The molecular formula is C10H10ClFN2O. The van der Waals surface area contributed by atoms with Crippen molar-refractivity contribution in [2.75, 3.05) is 11.4 Å². The van der Waals surface area contributed by atoms with Gasteiger partial charge in [-0.15, -0.1) is 11.6 Å². The monoisotopic (exact) mass is 228 g/mol. The molecule has 2 rings (SSSR count). The topological polar surface area (TPSA) is 33.2 Å². The Morgan fingerprint density at radius 3 is 2.93 bits per heavy atom. The van der Waals surface area contributed by atoms with Crippen LogP contribution in [0.1, 0.15) is 12.0 Å². The second kappa shape index (κ2) is 3.77. The SMILES string of the molecule is Cc1cc(F)ncc1N1CC(Cl)CC1=O. The molecule has 3 nitrogen and oxygen atoms in total. The average molecular weight is 229 g/mol. The molecule has 1 aromatic heterocycles. The van der Waals surface area contributed by atoms with Crippen LogP contribution in [-0.4, -0.2) is 22.8 Å². The van der Waals surface area contributed by atoms with Gasteiger partial charge in [-0.25, -0.2) is 4.98 Å². The Bertz CT molecular complexity index is 410. The third kappa shape index (κ3) is 1.95. The first-order valence-electron chi connectivity index (χ1n) is 4.64. The van der Waals surface area contributed by atoms with Gasteiger partial charge in [0.05, 0.1) is 17.3 Å². The predicted molar refractivity (Wildman–Crippen MR) is 55.5 cm³/mol. The van der Waals surface area contributed by atoms with Crippen molar-refractivity contribution in [2.24, 2.45) is 0 Å². The average Bonchev–Trinajstić information content (AvgIpc) is 2.45. The normalized spacial score (nSPS) is 21.1. The van der Waals surface area contributed by atoms with E-state index >= 15 is 0 Å². The molecule has 1 aliphatic rings. The van der Waals surface area contributed by atoms with Crippen LogP contribution < -0.4 is 4.90 Å². The lowest BCUT2D eigenvalue weighted by atomic mass is 10.2. The molecule has 15 heavy (non-hydrogen) atoms. The quantitative estimate of drug-likeness (QED) is 0.543. The summed E-state index contributed by atoms with van der Waals surface area (Å²) in [5.41, 5.74) is 1.34. The first-order valence-corrected chi connectivity index (χ1v) is 5.08. The molecule has 0 N–H and O–H groups in total. The van der Waals surface area contributed by atoms with E-state index in [1.165, 1.54) is 12.3 Å². The first-order chi connectivity index (χ1) is 7.08. The molecule has 1 unspecified atom stereocenters. The molecule has 1 aliphatic heterocycles. The lowest BCUT2D eigenvalue weighted by Crippen LogP contribution is -2.25. The third-order valence-electron chi connectivity index (χ3n) is 2.42. The van der Waals surface area contributed by atoms with E-state index in [4.69, 9.17) is 11.6 Å². The van der Waals surface area contributed by atoms with Crippen molar-refractivity contribution in [3.8, 4) is 0 Å². The smallest absolute Gasteiger partial charge is 0.228 e. The molecular weight excluding hydrogens is 219 g/mol. The minimum Gasteiger partial charge on any atom is -0.309 e. The Kier molecular flexibility index (Phi) is 2.61. The van der Waals surface area contributed by atoms with Gasteiger partial charge >= 0.3 is 0 Å². The van der Waals surface area contributed by atoms with Crippen LogP contribution in [0.25, 0.3) is 0 Å². The van der Waals surface area contributed by atoms with E-state index in [0.29, 0.717) is 24.2 Å². The molecule has 1 saturated heterocycles. The van der Waals surface area contributed by atoms with Gasteiger partial charge in [-0.1, -0.05) is 0 Å². The van der Waals surface area contributed by atoms with Gasteiger partial charge in [0.25, 0.3) is 0 Å². The number of amides is 1. The van der Waals surface area contributed by atoms with Crippen LogP contribution >= 0.6 is 11.6 Å². The Morgan fingerprint density at radius 2 is 2.40 bits per heavy atom. The lowest BCUT2D eigenvalue weighted by molar-refractivity contribution is -0.117. The summed E-state index contributed by atoms with van der Waals surface area (Å²) in [6.07, 6.45) is 1.70. The van der Waals surface area contributed by atoms with E-state index in [9.17, 15) is 9.18 Å². The summed E-state index contributed by atoms with van der Waals surface area (Å²) in [4.78, 5) is 16.6. The van der Waals surface area contributed by atoms with E-state index in [2.05, 4.69) is 4.98 Å². The number of halogens is 2. The van der Waals surface area contributed by atoms with Gasteiger partial charge in [0.15, 0.2) is 0 Å². The van der Waals surface area contributed by atoms with Crippen LogP contribution in [0.3, 0.4) is 0 Å². The van der Waals surface area contributed by atoms with E-state index in [1.54, 1.807) is 11.8 Å². The molecule has 2 heterocycles. The number of anilines is 1. The molecule has 0 bridgehead atoms. The summed E-state index contributed by atoms with van der Waals surface area (Å²) in [5.74, 6) is -0.572. The van der Waals surface area contributed by atoms with E-state index < -0.39 is 5.95 Å². The maximum absolute atomic E-state index is 12.8. The second-order valence-electron chi connectivity index (χ2n) is 3.60. The summed E-state index contributed by atoms with van der Waals surface area (Å²) in [6.45, 7) is 2.21. The molecule has 1 fully saturated rings. The highest BCUT2D eigenvalue weighted by atomic mass is 35.5. The van der Waals surface area contributed by atoms with E-state index in [1.807, 2.05) is 0 Å². The molecule has 1 amide bonds. The Balaban J connectivity index is 2.34. The number of carbonyl (C=O) groups is 1. The van der Waals surface area contributed by atoms with Gasteiger partial charge in [-0.3, -0.25) is 4.79 Å². The van der Waals surface area contributed by atoms with Gasteiger partial charge in [0.2, 0.25) is 11.9 Å². The number of rotatable bonds is 1. The van der Waals surface area contributed by atoms with Crippen molar-refractivity contribution < 1.29 is 9.18 Å². The Morgan fingerprint density at radius 1 is 1.67 bits per heavy atom. The zero-order valence-electron chi connectivity index (χ0n) is 8.20. The van der Waals surface area contributed by atoms with Crippen molar-refractivity contribution in [3.05, 3.63) is 23.8 Å². The molecule has 0 aliphatic carbocycles. The summed E-state index contributed by atoms with van der Waals surface area (Å²) in [7, 11) is 0. The number of carbonyl (C=O) groups excluding carboxylic acids is 1. The van der Waals surface area contributed by atoms with Crippen LogP contribution in [0.2, 0.25) is 0 Å². The number of aryl methyl sites for hydroxylation is 1. The fourth-order valence-electron chi connectivity index (χ4n) is 1.69. The fraction of sp³-hybridized carbons (Fsp3) is 0.400. The van der Waals surface area contributed by atoms with Crippen molar-refractivity contribution in [1.82, 2.24) is 4.98 Å². The fourth-order valence-corrected chi connectivity index (χ4v) is 1.96. The first kappa shape index (κ1) is 10.4. The van der Waals surface area contributed by atoms with Gasteiger partial charge in [-0.05, 0) is 18.6 Å². The number of nitrogens with zero attached hydrogens (tertiary/aromatic N) is 2. The van der Waals surface area contributed by atoms with Gasteiger partial charge in [0, 0.05) is 13.0 Å². The van der Waals surface area contributed by atoms with Crippen molar-refractivity contribution in [2.45, 2.75) is 18.7 Å². The molecule has 0 saturated carbocycles. The van der Waals surface area contributed by atoms with Crippen LogP contribution in [-0.2, 0) is 4.79 Å². The predicted octanol–water partition coefficient (Wildman–Crippen LogP) is 1.87. The maximum atomic E-state index is 12.8. The molecule has 0 aromatic carbocycles. The van der Waals surface area contributed by atoms with Crippen molar-refractivity contribution in [3.63, 3.8) is 0 Å². The molecule has 0 spiro atoms. The van der Waals surface area contributed by atoms with Crippen LogP contribution in [0.4, 0.5) is 10.1 Å². The highest BCUT2D eigenvalue weighted by Crippen LogP contribution is 2.26. The van der Waals surface area contributed by atoms with E-state index in [-0.39, 0.29) is 11.3 Å². The maximum Gasteiger partial charge on any atom is 0.228 e. The Labute approximate surface area is 91.9 Å². The minimum absolute atomic E-state index is 0.0356. The summed E-state index contributed by atoms with van der Waals surface area (Å²) < 4.78 is 12.8. The highest BCUT2D eigenvalue weighted by molar-refractivity contribution is 6.24. The van der Waals surface area contributed by atoms with Gasteiger partial charge in [-0.2, -0.15) is 4.39 Å². The number of pyridine rings is 1. The molecule has 80 valence electrons. The van der Waals surface area contributed by atoms with Crippen LogP contribution in [0, 0.1) is 12.9 Å². The molecule has 5 heteroatoms. The molecule has 1 aromatic rings. The number of hydrogen-bond donors (Lipinski definition) is 0. The van der Waals surface area contributed by atoms with Gasteiger partial charge < -0.3 is 4.90 Å². The molecule has 0 radical (unpaired) electrons. The number of hydrogen-bond acceptors (Lipinski definition) is 2. The standard InChI is InChI=1S/C10H10ClFN2O/c1-6-2-9(12)13-4-8(6)14-5-7(11)3-10(14)15/h2,4,7H,3,5H2,1H3. The van der Waals surface area contributed by atoms with Gasteiger partial charge in [0.1, 0.15) is 0 Å². The van der Waals surface area contributed by atoms with Crippen LogP contribution in [0.5, 0.6) is 0 Å². The summed E-state index contributed by atoms with van der Waals surface area (Å²) in [5, 5.41) is -0.165. The van der Waals surface area contributed by atoms with E-state index in [0.717, 1.165) is 0 Å². The highest BCUT2D eigenvalue weighted by Gasteiger charge is 2.30. The zero-order valence-corrected chi connectivity index (χ0v) is 8.96. The Hall–Kier alpha value is -1.16. The lowest BCUT2D eigenvalue weighted by Gasteiger charge is -2.17.